The molecule has 8 aromatic rings. The molecule has 0 amide bonds. The molecular formula is C54H34N2O4. The van der Waals surface area contributed by atoms with Crippen LogP contribution in [-0.4, -0.2) is 10.2 Å². The predicted molar refractivity (Wildman–Crippen MR) is 239 cm³/mol. The molecule has 0 unspecified atom stereocenters. The fraction of sp³-hybridized carbons (Fsp3) is 0. The molecule has 6 N–H and O–H groups in total. The van der Waals surface area contributed by atoms with Crippen molar-refractivity contribution in [2.24, 2.45) is 0 Å². The van der Waals surface area contributed by atoms with Gasteiger partial charge in [-0.3, -0.25) is 0 Å². The van der Waals surface area contributed by atoms with Crippen LogP contribution in [0.15, 0.2) is 170 Å². The Balaban J connectivity index is 1.51. The van der Waals surface area contributed by atoms with Crippen LogP contribution >= 0.6 is 0 Å². The Morgan fingerprint density at radius 1 is 0.333 bits per heavy atom. The molecule has 0 fully saturated rings. The van der Waals surface area contributed by atoms with Gasteiger partial charge in [-0.1, -0.05) is 120 Å². The number of rotatable bonds is 4. The van der Waals surface area contributed by atoms with Crippen molar-refractivity contribution in [2.75, 3.05) is 11.5 Å². The summed E-state index contributed by atoms with van der Waals surface area (Å²) in [5.74, 6) is 28.3. The van der Waals surface area contributed by atoms with E-state index in [-0.39, 0.29) is 22.9 Å². The van der Waals surface area contributed by atoms with Gasteiger partial charge in [0.15, 0.2) is 0 Å². The zero-order valence-electron chi connectivity index (χ0n) is 32.0. The molecule has 284 valence electrons. The van der Waals surface area contributed by atoms with Gasteiger partial charge in [0.1, 0.15) is 34.5 Å². The Labute approximate surface area is 348 Å². The number of hydrogen-bond acceptors (Lipinski definition) is 6. The van der Waals surface area contributed by atoms with Gasteiger partial charge >= 0.3 is 0 Å². The van der Waals surface area contributed by atoms with Crippen molar-refractivity contribution < 1.29 is 19.7 Å². The maximum atomic E-state index is 10.3. The van der Waals surface area contributed by atoms with Gasteiger partial charge in [-0.25, -0.2) is 0 Å². The van der Waals surface area contributed by atoms with Crippen LogP contribution in [0.4, 0.5) is 11.4 Å². The molecule has 6 nitrogen and oxygen atoms in total. The third-order valence-electron chi connectivity index (χ3n) is 9.25. The van der Waals surface area contributed by atoms with Gasteiger partial charge in [-0.05, 0) is 84.9 Å². The number of hydrogen-bond donors (Lipinski definition) is 4. The first-order valence-electron chi connectivity index (χ1n) is 18.9. The van der Waals surface area contributed by atoms with E-state index >= 15 is 0 Å². The molecule has 0 bridgehead atoms. The lowest BCUT2D eigenvalue weighted by atomic mass is 9.91. The van der Waals surface area contributed by atoms with Crippen LogP contribution in [0.5, 0.6) is 34.5 Å². The highest BCUT2D eigenvalue weighted by Crippen LogP contribution is 2.41. The summed E-state index contributed by atoms with van der Waals surface area (Å²) in [6.45, 7) is 0. The van der Waals surface area contributed by atoms with E-state index in [1.807, 2.05) is 133 Å². The minimum atomic E-state index is -0.0672. The maximum Gasteiger partial charge on any atom is 0.145 e. The molecule has 0 atom stereocenters. The molecule has 0 heterocycles. The molecule has 0 spiro atoms. The standard InChI is InChI=1S/C54H34N2O4/c55-49-33-41(25-31-51(49)57)59-53-36-48-44(28-22-38-15-7-2-8-16-38)46(30-24-40-19-11-4-12-20-40)54(60-42-26-32-52(58)50(56)34-42)35-47(48)43(27-21-37-13-5-1-6-14-37)45(53)29-23-39-17-9-3-10-18-39/h1-20,25-26,31-36,57-58H,55-56H2. The van der Waals surface area contributed by atoms with Crippen molar-refractivity contribution in [3.05, 3.63) is 214 Å². The predicted octanol–water partition coefficient (Wildman–Crippen LogP) is 10.6. The second-order valence-electron chi connectivity index (χ2n) is 13.5. The molecule has 60 heavy (non-hydrogen) atoms. The van der Waals surface area contributed by atoms with Crippen molar-refractivity contribution in [1.82, 2.24) is 0 Å². The van der Waals surface area contributed by atoms with Crippen LogP contribution < -0.4 is 20.9 Å². The molecule has 0 radical (unpaired) electrons. The average molecular weight is 775 g/mol. The highest BCUT2D eigenvalue weighted by molar-refractivity contribution is 6.00. The number of ether oxygens (including phenoxy) is 2. The smallest absolute Gasteiger partial charge is 0.145 e. The Morgan fingerprint density at radius 3 is 0.933 bits per heavy atom. The molecule has 8 rings (SSSR count). The summed E-state index contributed by atoms with van der Waals surface area (Å²) < 4.78 is 13.3. The van der Waals surface area contributed by atoms with Gasteiger partial charge in [0.25, 0.3) is 0 Å². The Bertz CT molecular complexity index is 2920. The number of phenols is 2. The number of phenolic OH excluding ortho intramolecular Hbond substituents is 2. The fourth-order valence-electron chi connectivity index (χ4n) is 6.23. The first-order valence-corrected chi connectivity index (χ1v) is 18.9. The molecular weight excluding hydrogens is 741 g/mol. The first kappa shape index (κ1) is 38.0. The van der Waals surface area contributed by atoms with Crippen LogP contribution in [0.25, 0.3) is 10.8 Å². The third-order valence-corrected chi connectivity index (χ3v) is 9.25. The van der Waals surface area contributed by atoms with Crippen molar-refractivity contribution in [2.45, 2.75) is 0 Å². The highest BCUT2D eigenvalue weighted by atomic mass is 16.5. The van der Waals surface area contributed by atoms with Gasteiger partial charge < -0.3 is 31.2 Å². The summed E-state index contributed by atoms with van der Waals surface area (Å²) >= 11 is 0. The van der Waals surface area contributed by atoms with Crippen LogP contribution in [0, 0.1) is 47.4 Å². The number of anilines is 2. The Morgan fingerprint density at radius 2 is 0.633 bits per heavy atom. The highest BCUT2D eigenvalue weighted by Gasteiger charge is 2.21. The Kier molecular flexibility index (Phi) is 11.0. The summed E-state index contributed by atoms with van der Waals surface area (Å²) in [7, 11) is 0. The van der Waals surface area contributed by atoms with Gasteiger partial charge in [-0.2, -0.15) is 0 Å². The molecule has 8 aromatic carbocycles. The SMILES string of the molecule is Nc1cc(Oc2cc3c(C#Cc4ccccc4)c(C#Cc4ccccc4)c(Oc4ccc(O)c(N)c4)cc3c(C#Cc3ccccc3)c2C#Cc2ccccc2)ccc1O. The zero-order chi connectivity index (χ0) is 41.3. The van der Waals surface area contributed by atoms with Crippen molar-refractivity contribution >= 4 is 22.1 Å². The number of fused-ring (bicyclic) bond motifs is 1. The number of benzene rings is 8. The minimum absolute atomic E-state index is 0.0672. The second kappa shape index (κ2) is 17.5. The van der Waals surface area contributed by atoms with E-state index in [4.69, 9.17) is 20.9 Å². The van der Waals surface area contributed by atoms with E-state index in [1.54, 1.807) is 24.3 Å². The van der Waals surface area contributed by atoms with Crippen molar-refractivity contribution in [3.63, 3.8) is 0 Å². The topological polar surface area (TPSA) is 111 Å². The molecule has 0 saturated carbocycles. The van der Waals surface area contributed by atoms with Gasteiger partial charge in [0.2, 0.25) is 0 Å². The Hall–Kier alpha value is -8.94. The first-order chi connectivity index (χ1) is 29.4. The number of nitrogen functional groups attached to an aromatic ring is 2. The summed E-state index contributed by atoms with van der Waals surface area (Å²) in [5, 5.41) is 21.9. The maximum absolute atomic E-state index is 10.3. The average Bonchev–Trinajstić information content (AvgIpc) is 3.28. The van der Waals surface area contributed by atoms with Gasteiger partial charge in [0, 0.05) is 45.2 Å². The van der Waals surface area contributed by atoms with Crippen LogP contribution in [-0.2, 0) is 0 Å². The quantitative estimate of drug-likeness (QED) is 0.0805. The fourth-order valence-corrected chi connectivity index (χ4v) is 6.23. The minimum Gasteiger partial charge on any atom is -0.506 e. The van der Waals surface area contributed by atoms with Gasteiger partial charge in [0.05, 0.1) is 33.6 Å². The normalized spacial score (nSPS) is 10.1. The largest absolute Gasteiger partial charge is 0.506 e. The number of aromatic hydroxyl groups is 2. The number of nitrogens with two attached hydrogens (primary N) is 2. The van der Waals surface area contributed by atoms with E-state index in [1.165, 1.54) is 12.1 Å². The molecule has 6 heteroatoms. The van der Waals surface area contributed by atoms with Crippen molar-refractivity contribution in [1.29, 1.82) is 0 Å². The lowest BCUT2D eigenvalue weighted by Crippen LogP contribution is -2.00. The summed E-state index contributed by atoms with van der Waals surface area (Å²) in [4.78, 5) is 0. The molecule has 0 aliphatic rings. The molecule has 0 aliphatic carbocycles. The zero-order valence-corrected chi connectivity index (χ0v) is 32.0. The van der Waals surface area contributed by atoms with E-state index in [0.717, 1.165) is 22.3 Å². The second-order valence-corrected chi connectivity index (χ2v) is 13.5. The van der Waals surface area contributed by atoms with Crippen LogP contribution in [0.1, 0.15) is 44.5 Å². The lowest BCUT2D eigenvalue weighted by molar-refractivity contribution is 0.466. The van der Waals surface area contributed by atoms with E-state index in [9.17, 15) is 10.2 Å². The summed E-state index contributed by atoms with van der Waals surface area (Å²) in [6, 6.07) is 51.7. The van der Waals surface area contributed by atoms with E-state index < -0.39 is 0 Å². The summed E-state index contributed by atoms with van der Waals surface area (Å²) in [5.41, 5.74) is 17.8. The monoisotopic (exact) mass is 774 g/mol. The van der Waals surface area contributed by atoms with E-state index in [0.29, 0.717) is 56.0 Å². The van der Waals surface area contributed by atoms with Gasteiger partial charge in [-0.15, -0.1) is 0 Å². The van der Waals surface area contributed by atoms with Crippen LogP contribution in [0.2, 0.25) is 0 Å². The lowest BCUT2D eigenvalue weighted by Gasteiger charge is -2.17. The molecule has 0 aromatic heterocycles. The third kappa shape index (κ3) is 8.86. The summed E-state index contributed by atoms with van der Waals surface area (Å²) in [6.07, 6.45) is 0. The molecule has 0 aliphatic heterocycles. The van der Waals surface area contributed by atoms with Crippen LogP contribution in [0.3, 0.4) is 0 Å². The van der Waals surface area contributed by atoms with Crippen molar-refractivity contribution in [3.8, 4) is 81.9 Å². The molecule has 0 saturated heterocycles. The van der Waals surface area contributed by atoms with E-state index in [2.05, 4.69) is 47.4 Å².